The molecule has 5 heteroatoms. The van der Waals surface area contributed by atoms with Crippen molar-refractivity contribution in [3.05, 3.63) is 54.2 Å². The van der Waals surface area contributed by atoms with Gasteiger partial charge in [0.1, 0.15) is 5.82 Å². The molecule has 2 rings (SSSR count). The van der Waals surface area contributed by atoms with Crippen LogP contribution >= 0.6 is 0 Å². The van der Waals surface area contributed by atoms with Gasteiger partial charge in [-0.05, 0) is 36.8 Å². The van der Waals surface area contributed by atoms with E-state index in [1.54, 1.807) is 30.3 Å². The summed E-state index contributed by atoms with van der Waals surface area (Å²) in [6, 6.07) is 12.3. The monoisotopic (exact) mass is 255 g/mol. The van der Waals surface area contributed by atoms with Gasteiger partial charge in [0.05, 0.1) is 0 Å². The Kier molecular flexibility index (Phi) is 3.87. The second kappa shape index (κ2) is 5.77. The molecule has 0 atom stereocenters. The van der Waals surface area contributed by atoms with Gasteiger partial charge in [-0.15, -0.1) is 0 Å². The molecule has 0 radical (unpaired) electrons. The van der Waals surface area contributed by atoms with Gasteiger partial charge in [0.25, 0.3) is 0 Å². The van der Waals surface area contributed by atoms with E-state index in [2.05, 4.69) is 15.6 Å². The number of hydrogen-bond acceptors (Lipinski definition) is 3. The zero-order chi connectivity index (χ0) is 13.7. The Morgan fingerprint density at radius 2 is 1.79 bits per heavy atom. The maximum atomic E-state index is 11.7. The molecule has 2 N–H and O–H groups in total. The van der Waals surface area contributed by atoms with Gasteiger partial charge < -0.3 is 10.6 Å². The van der Waals surface area contributed by atoms with Crippen molar-refractivity contribution < 1.29 is 9.59 Å². The standard InChI is InChI=1S/C14H13N3O2/c1-10-5-4-6-11(9-10)16-13(18)14(19)17-12-7-2-3-8-15-12/h2-9H,1H3,(H,16,18)(H,15,17,19). The van der Waals surface area contributed by atoms with Crippen molar-refractivity contribution in [2.75, 3.05) is 10.6 Å². The normalized spacial score (nSPS) is 9.74. The lowest BCUT2D eigenvalue weighted by Crippen LogP contribution is -2.29. The number of rotatable bonds is 2. The molecular formula is C14H13N3O2. The first-order valence-electron chi connectivity index (χ1n) is 5.75. The fourth-order valence-corrected chi connectivity index (χ4v) is 1.52. The number of nitrogens with one attached hydrogen (secondary N) is 2. The fraction of sp³-hybridized carbons (Fsp3) is 0.0714. The van der Waals surface area contributed by atoms with Gasteiger partial charge in [0.15, 0.2) is 0 Å². The maximum absolute atomic E-state index is 11.7. The Morgan fingerprint density at radius 1 is 1.00 bits per heavy atom. The van der Waals surface area contributed by atoms with Crippen LogP contribution in [0.25, 0.3) is 0 Å². The minimum atomic E-state index is -0.750. The van der Waals surface area contributed by atoms with E-state index in [1.807, 2.05) is 19.1 Å². The number of pyridine rings is 1. The molecule has 0 fully saturated rings. The van der Waals surface area contributed by atoms with E-state index < -0.39 is 11.8 Å². The molecule has 19 heavy (non-hydrogen) atoms. The summed E-state index contributed by atoms with van der Waals surface area (Å²) >= 11 is 0. The molecule has 5 nitrogen and oxygen atoms in total. The highest BCUT2D eigenvalue weighted by molar-refractivity contribution is 6.43. The van der Waals surface area contributed by atoms with Gasteiger partial charge in [-0.2, -0.15) is 0 Å². The molecule has 1 aromatic heterocycles. The quantitative estimate of drug-likeness (QED) is 0.806. The number of aryl methyl sites for hydroxylation is 1. The number of amides is 2. The highest BCUT2D eigenvalue weighted by Gasteiger charge is 2.14. The van der Waals surface area contributed by atoms with Crippen LogP contribution in [0.15, 0.2) is 48.7 Å². The van der Waals surface area contributed by atoms with Crippen LogP contribution in [-0.4, -0.2) is 16.8 Å². The van der Waals surface area contributed by atoms with Crippen molar-refractivity contribution in [1.82, 2.24) is 4.98 Å². The number of carbonyl (C=O) groups excluding carboxylic acids is 2. The third kappa shape index (κ3) is 3.64. The molecule has 1 aromatic carbocycles. The van der Waals surface area contributed by atoms with Gasteiger partial charge in [-0.3, -0.25) is 9.59 Å². The van der Waals surface area contributed by atoms with Crippen molar-refractivity contribution in [3.8, 4) is 0 Å². The summed E-state index contributed by atoms with van der Waals surface area (Å²) in [5, 5.41) is 4.94. The number of benzene rings is 1. The smallest absolute Gasteiger partial charge is 0.315 e. The number of carbonyl (C=O) groups is 2. The summed E-state index contributed by atoms with van der Waals surface area (Å²) in [5.41, 5.74) is 1.59. The maximum Gasteiger partial charge on any atom is 0.315 e. The molecule has 1 heterocycles. The van der Waals surface area contributed by atoms with Crippen LogP contribution in [0.3, 0.4) is 0 Å². The van der Waals surface area contributed by atoms with Crippen molar-refractivity contribution in [1.29, 1.82) is 0 Å². The predicted octanol–water partition coefficient (Wildman–Crippen LogP) is 1.97. The van der Waals surface area contributed by atoms with Gasteiger partial charge >= 0.3 is 11.8 Å². The molecule has 0 saturated carbocycles. The van der Waals surface area contributed by atoms with Crippen LogP contribution in [0.2, 0.25) is 0 Å². The number of hydrogen-bond donors (Lipinski definition) is 2. The predicted molar refractivity (Wildman–Crippen MR) is 72.7 cm³/mol. The Hall–Kier alpha value is -2.69. The van der Waals surface area contributed by atoms with Gasteiger partial charge in [-0.25, -0.2) is 4.98 Å². The van der Waals surface area contributed by atoms with Gasteiger partial charge in [0.2, 0.25) is 0 Å². The second-order valence-corrected chi connectivity index (χ2v) is 3.99. The molecule has 0 saturated heterocycles. The first-order chi connectivity index (χ1) is 9.15. The Labute approximate surface area is 110 Å². The molecule has 0 aliphatic rings. The lowest BCUT2D eigenvalue weighted by atomic mass is 10.2. The number of aromatic nitrogens is 1. The molecule has 2 aromatic rings. The second-order valence-electron chi connectivity index (χ2n) is 3.99. The third-order valence-corrected chi connectivity index (χ3v) is 2.39. The number of anilines is 2. The van der Waals surface area contributed by atoms with E-state index in [9.17, 15) is 9.59 Å². The summed E-state index contributed by atoms with van der Waals surface area (Å²) in [4.78, 5) is 27.2. The molecule has 0 bridgehead atoms. The largest absolute Gasteiger partial charge is 0.318 e. The fourth-order valence-electron chi connectivity index (χ4n) is 1.52. The summed E-state index contributed by atoms with van der Waals surface area (Å²) in [7, 11) is 0. The van der Waals surface area contributed by atoms with Gasteiger partial charge in [0, 0.05) is 11.9 Å². The molecular weight excluding hydrogens is 242 g/mol. The average Bonchev–Trinajstić information content (AvgIpc) is 2.40. The van der Waals surface area contributed by atoms with E-state index in [-0.39, 0.29) is 0 Å². The minimum Gasteiger partial charge on any atom is -0.318 e. The minimum absolute atomic E-state index is 0.340. The summed E-state index contributed by atoms with van der Waals surface area (Å²) in [6.45, 7) is 1.91. The molecule has 0 spiro atoms. The van der Waals surface area contributed by atoms with Crippen LogP contribution < -0.4 is 10.6 Å². The third-order valence-electron chi connectivity index (χ3n) is 2.39. The van der Waals surface area contributed by atoms with E-state index >= 15 is 0 Å². The lowest BCUT2D eigenvalue weighted by molar-refractivity contribution is -0.133. The highest BCUT2D eigenvalue weighted by Crippen LogP contribution is 2.09. The first-order valence-corrected chi connectivity index (χ1v) is 5.75. The average molecular weight is 255 g/mol. The van der Waals surface area contributed by atoms with Crippen molar-refractivity contribution in [2.45, 2.75) is 6.92 Å². The van der Waals surface area contributed by atoms with Crippen LogP contribution in [0.5, 0.6) is 0 Å². The Bertz CT molecular complexity index is 597. The Morgan fingerprint density at radius 3 is 2.47 bits per heavy atom. The molecule has 0 aliphatic heterocycles. The summed E-state index contributed by atoms with van der Waals surface area (Å²) in [6.07, 6.45) is 1.54. The summed E-state index contributed by atoms with van der Waals surface area (Å²) < 4.78 is 0. The SMILES string of the molecule is Cc1cccc(NC(=O)C(=O)Nc2ccccn2)c1. The molecule has 0 aliphatic carbocycles. The van der Waals surface area contributed by atoms with Gasteiger partial charge in [-0.1, -0.05) is 18.2 Å². The molecule has 0 unspecified atom stereocenters. The van der Waals surface area contributed by atoms with E-state index in [0.29, 0.717) is 11.5 Å². The summed E-state index contributed by atoms with van der Waals surface area (Å²) in [5.74, 6) is -1.14. The van der Waals surface area contributed by atoms with E-state index in [1.165, 1.54) is 6.20 Å². The van der Waals surface area contributed by atoms with Crippen LogP contribution in [0.1, 0.15) is 5.56 Å². The topological polar surface area (TPSA) is 71.1 Å². The zero-order valence-electron chi connectivity index (χ0n) is 10.4. The van der Waals surface area contributed by atoms with E-state index in [0.717, 1.165) is 5.56 Å². The van der Waals surface area contributed by atoms with Crippen LogP contribution in [0, 0.1) is 6.92 Å². The van der Waals surface area contributed by atoms with E-state index in [4.69, 9.17) is 0 Å². The Balaban J connectivity index is 1.98. The number of nitrogens with zero attached hydrogens (tertiary/aromatic N) is 1. The molecule has 2 amide bonds. The van der Waals surface area contributed by atoms with Crippen molar-refractivity contribution in [3.63, 3.8) is 0 Å². The van der Waals surface area contributed by atoms with Crippen molar-refractivity contribution >= 4 is 23.3 Å². The van der Waals surface area contributed by atoms with Crippen LogP contribution in [0.4, 0.5) is 11.5 Å². The van der Waals surface area contributed by atoms with Crippen molar-refractivity contribution in [2.24, 2.45) is 0 Å². The zero-order valence-corrected chi connectivity index (χ0v) is 10.4. The molecule has 96 valence electrons. The van der Waals surface area contributed by atoms with Crippen LogP contribution in [-0.2, 0) is 9.59 Å². The lowest BCUT2D eigenvalue weighted by Gasteiger charge is -2.06. The first kappa shape index (κ1) is 12.8. The highest BCUT2D eigenvalue weighted by atomic mass is 16.2.